The molecule has 0 atom stereocenters. The van der Waals surface area contributed by atoms with Crippen LogP contribution in [0.15, 0.2) is 54.2 Å². The molecule has 2 aromatic carbocycles. The molecule has 1 amide bonds. The minimum Gasteiger partial charge on any atom is -0.495 e. The number of rotatable bonds is 12. The van der Waals surface area contributed by atoms with E-state index in [2.05, 4.69) is 48.1 Å². The van der Waals surface area contributed by atoms with E-state index in [0.29, 0.717) is 45.7 Å². The third-order valence-corrected chi connectivity index (χ3v) is 6.36. The summed E-state index contributed by atoms with van der Waals surface area (Å²) in [7, 11) is 3.01. The number of carbonyl (C=O) groups is 1. The van der Waals surface area contributed by atoms with Crippen molar-refractivity contribution in [1.82, 2.24) is 14.8 Å². The zero-order chi connectivity index (χ0) is 25.4. The van der Waals surface area contributed by atoms with Gasteiger partial charge in [-0.25, -0.2) is 0 Å². The Balaban J connectivity index is 1.64. The van der Waals surface area contributed by atoms with Crippen LogP contribution in [-0.4, -0.2) is 40.6 Å². The highest BCUT2D eigenvalue weighted by atomic mass is 35.5. The average Bonchev–Trinajstić information content (AvgIpc) is 3.24. The number of hydrogen-bond acceptors (Lipinski definition) is 7. The van der Waals surface area contributed by atoms with Gasteiger partial charge in [-0.1, -0.05) is 55.4 Å². The van der Waals surface area contributed by atoms with Gasteiger partial charge in [0.25, 0.3) is 0 Å². The molecule has 3 aromatic rings. The minimum atomic E-state index is -0.242. The lowest BCUT2D eigenvalue weighted by atomic mass is 10.0. The first-order valence-electron chi connectivity index (χ1n) is 11.0. The van der Waals surface area contributed by atoms with Gasteiger partial charge in [0, 0.05) is 18.7 Å². The molecule has 1 aromatic heterocycles. The first-order chi connectivity index (χ1) is 16.9. The highest BCUT2D eigenvalue weighted by Crippen LogP contribution is 2.36. The maximum Gasteiger partial charge on any atom is 0.234 e. The standard InChI is InChI=1S/C25H29ClN4O4S/c1-6-11-30-23(14-34-18-9-7-17(8-10-18)16(2)3)28-29-25(30)35-15-24(31)27-20-13-21(32-4)19(26)12-22(20)33-5/h6-10,12-13,16H,1,11,14-15H2,2-5H3,(H,27,31). The van der Waals surface area contributed by atoms with Crippen molar-refractivity contribution in [3.63, 3.8) is 0 Å². The Labute approximate surface area is 214 Å². The second kappa shape index (κ2) is 12.5. The van der Waals surface area contributed by atoms with Crippen molar-refractivity contribution in [2.24, 2.45) is 0 Å². The van der Waals surface area contributed by atoms with Gasteiger partial charge in [-0.05, 0) is 23.6 Å². The average molecular weight is 517 g/mol. The van der Waals surface area contributed by atoms with Crippen LogP contribution in [0.1, 0.15) is 31.2 Å². The quantitative estimate of drug-likeness (QED) is 0.249. The van der Waals surface area contributed by atoms with Crippen molar-refractivity contribution in [3.8, 4) is 17.2 Å². The number of benzene rings is 2. The Morgan fingerprint density at radius 1 is 1.17 bits per heavy atom. The van der Waals surface area contributed by atoms with Crippen LogP contribution in [0.3, 0.4) is 0 Å². The van der Waals surface area contributed by atoms with Gasteiger partial charge in [-0.15, -0.1) is 16.8 Å². The summed E-state index contributed by atoms with van der Waals surface area (Å²) in [5.41, 5.74) is 1.71. The fourth-order valence-corrected chi connectivity index (χ4v) is 4.21. The maximum atomic E-state index is 12.6. The number of thioether (sulfide) groups is 1. The van der Waals surface area contributed by atoms with Gasteiger partial charge < -0.3 is 19.5 Å². The summed E-state index contributed by atoms with van der Waals surface area (Å²) in [6, 6.07) is 11.2. The molecule has 10 heteroatoms. The number of ether oxygens (including phenoxy) is 3. The minimum absolute atomic E-state index is 0.112. The van der Waals surface area contributed by atoms with E-state index in [1.54, 1.807) is 18.2 Å². The molecule has 0 saturated heterocycles. The zero-order valence-electron chi connectivity index (χ0n) is 20.2. The summed E-state index contributed by atoms with van der Waals surface area (Å²) < 4.78 is 18.3. The van der Waals surface area contributed by atoms with E-state index in [1.807, 2.05) is 16.7 Å². The largest absolute Gasteiger partial charge is 0.495 e. The number of methoxy groups -OCH3 is 2. The second-order valence-corrected chi connectivity index (χ2v) is 9.18. The van der Waals surface area contributed by atoms with Crippen molar-refractivity contribution < 1.29 is 19.0 Å². The molecular formula is C25H29ClN4O4S. The number of allylic oxidation sites excluding steroid dienone is 1. The molecule has 186 valence electrons. The number of halogens is 1. The summed E-state index contributed by atoms with van der Waals surface area (Å²) in [5.74, 6) is 2.59. The molecule has 0 aliphatic carbocycles. The van der Waals surface area contributed by atoms with Gasteiger partial charge in [0.2, 0.25) is 5.91 Å². The van der Waals surface area contributed by atoms with Gasteiger partial charge >= 0.3 is 0 Å². The van der Waals surface area contributed by atoms with Crippen molar-refractivity contribution in [2.75, 3.05) is 25.3 Å². The molecule has 0 spiro atoms. The van der Waals surface area contributed by atoms with Crippen LogP contribution >= 0.6 is 23.4 Å². The molecule has 3 rings (SSSR count). The van der Waals surface area contributed by atoms with Crippen LogP contribution in [0.4, 0.5) is 5.69 Å². The van der Waals surface area contributed by atoms with Crippen LogP contribution in [0.25, 0.3) is 0 Å². The smallest absolute Gasteiger partial charge is 0.234 e. The predicted molar refractivity (Wildman–Crippen MR) is 139 cm³/mol. The van der Waals surface area contributed by atoms with Crippen LogP contribution in [0.5, 0.6) is 17.2 Å². The second-order valence-electron chi connectivity index (χ2n) is 7.83. The number of nitrogens with one attached hydrogen (secondary N) is 1. The molecule has 0 fully saturated rings. The monoisotopic (exact) mass is 516 g/mol. The predicted octanol–water partition coefficient (Wildman–Crippen LogP) is 5.57. The Morgan fingerprint density at radius 2 is 1.89 bits per heavy atom. The maximum absolute atomic E-state index is 12.6. The molecule has 0 bridgehead atoms. The topological polar surface area (TPSA) is 87.5 Å². The fraction of sp³-hybridized carbons (Fsp3) is 0.320. The lowest BCUT2D eigenvalue weighted by Crippen LogP contribution is -2.15. The van der Waals surface area contributed by atoms with Gasteiger partial charge in [-0.2, -0.15) is 0 Å². The Morgan fingerprint density at radius 3 is 2.51 bits per heavy atom. The first kappa shape index (κ1) is 26.4. The number of amides is 1. The molecule has 0 aliphatic rings. The normalized spacial score (nSPS) is 10.8. The van der Waals surface area contributed by atoms with Crippen LogP contribution in [-0.2, 0) is 17.9 Å². The van der Waals surface area contributed by atoms with Crippen LogP contribution in [0, 0.1) is 0 Å². The summed E-state index contributed by atoms with van der Waals surface area (Å²) in [4.78, 5) is 12.6. The Kier molecular flexibility index (Phi) is 9.45. The molecule has 0 unspecified atom stereocenters. The summed E-state index contributed by atoms with van der Waals surface area (Å²) >= 11 is 7.40. The third kappa shape index (κ3) is 6.93. The Bertz CT molecular complexity index is 1170. The van der Waals surface area contributed by atoms with Crippen LogP contribution in [0.2, 0.25) is 5.02 Å². The number of carbonyl (C=O) groups excluding carboxylic acids is 1. The summed E-state index contributed by atoms with van der Waals surface area (Å²) in [5, 5.41) is 12.3. The van der Waals surface area contributed by atoms with E-state index in [9.17, 15) is 4.79 Å². The lowest BCUT2D eigenvalue weighted by Gasteiger charge is -2.13. The van der Waals surface area contributed by atoms with Crippen molar-refractivity contribution in [2.45, 2.75) is 38.1 Å². The number of nitrogens with zero attached hydrogens (tertiary/aromatic N) is 3. The molecule has 8 nitrogen and oxygen atoms in total. The van der Waals surface area contributed by atoms with Crippen molar-refractivity contribution in [3.05, 3.63) is 65.5 Å². The first-order valence-corrected chi connectivity index (χ1v) is 12.3. The van der Waals surface area contributed by atoms with Gasteiger partial charge in [0.05, 0.1) is 30.7 Å². The van der Waals surface area contributed by atoms with E-state index in [0.717, 1.165) is 5.75 Å². The molecule has 0 saturated carbocycles. The Hall–Kier alpha value is -3.17. The van der Waals surface area contributed by atoms with E-state index < -0.39 is 0 Å². The van der Waals surface area contributed by atoms with E-state index in [4.69, 9.17) is 25.8 Å². The van der Waals surface area contributed by atoms with Gasteiger partial charge in [0.1, 0.15) is 23.9 Å². The molecule has 0 radical (unpaired) electrons. The van der Waals surface area contributed by atoms with Crippen LogP contribution < -0.4 is 19.5 Å². The number of anilines is 1. The third-order valence-electron chi connectivity index (χ3n) is 5.10. The van der Waals surface area contributed by atoms with E-state index in [1.165, 1.54) is 31.5 Å². The SMILES string of the molecule is C=CCn1c(COc2ccc(C(C)C)cc2)nnc1SCC(=O)Nc1cc(OC)c(Cl)cc1OC. The molecular weight excluding hydrogens is 488 g/mol. The molecule has 1 heterocycles. The van der Waals surface area contributed by atoms with Crippen molar-refractivity contribution >= 4 is 35.0 Å². The lowest BCUT2D eigenvalue weighted by molar-refractivity contribution is -0.113. The van der Waals surface area contributed by atoms with Gasteiger partial charge in [-0.3, -0.25) is 9.36 Å². The number of hydrogen-bond donors (Lipinski definition) is 1. The van der Waals surface area contributed by atoms with Crippen molar-refractivity contribution in [1.29, 1.82) is 0 Å². The van der Waals surface area contributed by atoms with Gasteiger partial charge in [0.15, 0.2) is 11.0 Å². The molecule has 1 N–H and O–H groups in total. The highest BCUT2D eigenvalue weighted by Gasteiger charge is 2.16. The fourth-order valence-electron chi connectivity index (χ4n) is 3.22. The summed E-state index contributed by atoms with van der Waals surface area (Å²) in [6.07, 6.45) is 1.75. The molecule has 35 heavy (non-hydrogen) atoms. The number of aromatic nitrogens is 3. The zero-order valence-corrected chi connectivity index (χ0v) is 21.8. The highest BCUT2D eigenvalue weighted by molar-refractivity contribution is 7.99. The van der Waals surface area contributed by atoms with E-state index >= 15 is 0 Å². The van der Waals surface area contributed by atoms with E-state index in [-0.39, 0.29) is 18.3 Å². The summed E-state index contributed by atoms with van der Waals surface area (Å²) in [6.45, 7) is 8.85. The molecule has 0 aliphatic heterocycles.